The van der Waals surface area contributed by atoms with E-state index in [9.17, 15) is 24.6 Å². The first kappa shape index (κ1) is 23.3. The first-order valence-electron chi connectivity index (χ1n) is 8.65. The molecule has 0 saturated heterocycles. The van der Waals surface area contributed by atoms with E-state index in [2.05, 4.69) is 10.6 Å². The minimum atomic E-state index is -1.43. The van der Waals surface area contributed by atoms with Crippen LogP contribution in [0.1, 0.15) is 48.0 Å². The van der Waals surface area contributed by atoms with Gasteiger partial charge in [-0.05, 0) is 24.2 Å². The fraction of sp³-hybridized carbons (Fsp3) is 0.824. The maximum atomic E-state index is 12.4. The van der Waals surface area contributed by atoms with Gasteiger partial charge in [0.05, 0.1) is 0 Å². The Hall–Kier alpha value is -1.67. The molecule has 0 saturated carbocycles. The van der Waals surface area contributed by atoms with Gasteiger partial charge in [-0.15, -0.1) is 0 Å². The highest BCUT2D eigenvalue weighted by molar-refractivity contribution is 5.91. The molecular weight excluding hydrogens is 326 g/mol. The Kier molecular flexibility index (Phi) is 9.66. The molecule has 0 aliphatic rings. The Labute approximate surface area is 149 Å². The molecule has 0 radical (unpaired) electrons. The average molecular weight is 359 g/mol. The molecule has 0 unspecified atom stereocenters. The number of nitrogens with two attached hydrogens (primary N) is 1. The fourth-order valence-electron chi connectivity index (χ4n) is 2.40. The van der Waals surface area contributed by atoms with E-state index >= 15 is 0 Å². The van der Waals surface area contributed by atoms with E-state index in [1.807, 2.05) is 13.8 Å². The summed E-state index contributed by atoms with van der Waals surface area (Å²) in [4.78, 5) is 35.8. The summed E-state index contributed by atoms with van der Waals surface area (Å²) in [6.07, 6.45) is -0.974. The van der Waals surface area contributed by atoms with E-state index in [0.717, 1.165) is 0 Å². The van der Waals surface area contributed by atoms with Crippen molar-refractivity contribution in [3.05, 3.63) is 0 Å². The molecule has 0 aromatic rings. The highest BCUT2D eigenvalue weighted by Crippen LogP contribution is 2.09. The number of rotatable bonds is 10. The Morgan fingerprint density at radius 3 is 1.68 bits per heavy atom. The minimum Gasteiger partial charge on any atom is -0.480 e. The zero-order valence-electron chi connectivity index (χ0n) is 15.9. The number of nitrogens with one attached hydrogen (secondary N) is 2. The molecule has 0 bridgehead atoms. The van der Waals surface area contributed by atoms with Crippen molar-refractivity contribution in [2.45, 2.75) is 72.2 Å². The number of carboxylic acids is 1. The Morgan fingerprint density at radius 1 is 0.880 bits per heavy atom. The summed E-state index contributed by atoms with van der Waals surface area (Å²) < 4.78 is 0. The molecule has 0 aliphatic carbocycles. The van der Waals surface area contributed by atoms with Gasteiger partial charge in [0.2, 0.25) is 5.91 Å². The van der Waals surface area contributed by atoms with Crippen LogP contribution in [0.4, 0.5) is 0 Å². The van der Waals surface area contributed by atoms with Crippen molar-refractivity contribution in [1.82, 2.24) is 10.6 Å². The second-order valence-electron chi connectivity index (χ2n) is 7.54. The molecule has 0 rings (SSSR count). The van der Waals surface area contributed by atoms with Gasteiger partial charge < -0.3 is 26.6 Å². The summed E-state index contributed by atoms with van der Waals surface area (Å²) in [5.74, 6) is -2.87. The maximum absolute atomic E-state index is 12.4. The predicted octanol–water partition coefficient (Wildman–Crippen LogP) is 0.0869. The van der Waals surface area contributed by atoms with Gasteiger partial charge in [-0.1, -0.05) is 41.5 Å². The number of hydrogen-bond donors (Lipinski definition) is 5. The molecule has 8 heteroatoms. The zero-order chi connectivity index (χ0) is 19.9. The van der Waals surface area contributed by atoms with E-state index in [-0.39, 0.29) is 17.8 Å². The van der Waals surface area contributed by atoms with Gasteiger partial charge >= 0.3 is 5.97 Å². The monoisotopic (exact) mass is 359 g/mol. The summed E-state index contributed by atoms with van der Waals surface area (Å²) in [6, 6.07) is -2.76. The largest absolute Gasteiger partial charge is 0.480 e. The summed E-state index contributed by atoms with van der Waals surface area (Å²) >= 11 is 0. The SMILES string of the molecule is CC(C)C[C@@H](N)[C@H](O)C(=O)N[C@H](C(=O)N[C@H](C(=O)O)C(C)C)C(C)C. The quantitative estimate of drug-likeness (QED) is 0.374. The Morgan fingerprint density at radius 2 is 1.32 bits per heavy atom. The lowest BCUT2D eigenvalue weighted by molar-refractivity contribution is -0.144. The van der Waals surface area contributed by atoms with Crippen molar-refractivity contribution in [3.8, 4) is 0 Å². The molecular formula is C17H33N3O5. The van der Waals surface area contributed by atoms with Crippen LogP contribution in [0.25, 0.3) is 0 Å². The van der Waals surface area contributed by atoms with E-state index < -0.39 is 42.0 Å². The first-order valence-corrected chi connectivity index (χ1v) is 8.65. The molecule has 2 amide bonds. The molecule has 146 valence electrons. The number of aliphatic carboxylic acids is 1. The van der Waals surface area contributed by atoms with E-state index in [0.29, 0.717) is 6.42 Å². The molecule has 8 nitrogen and oxygen atoms in total. The summed E-state index contributed by atoms with van der Waals surface area (Å²) in [5, 5.41) is 24.1. The van der Waals surface area contributed by atoms with Gasteiger partial charge in [0.1, 0.15) is 18.2 Å². The van der Waals surface area contributed by atoms with Crippen molar-refractivity contribution in [2.24, 2.45) is 23.5 Å². The van der Waals surface area contributed by atoms with Gasteiger partial charge in [0.15, 0.2) is 0 Å². The normalized spacial score (nSPS) is 16.4. The van der Waals surface area contributed by atoms with Crippen LogP contribution in [-0.4, -0.2) is 52.2 Å². The smallest absolute Gasteiger partial charge is 0.326 e. The topological polar surface area (TPSA) is 142 Å². The third-order valence-corrected chi connectivity index (χ3v) is 3.90. The van der Waals surface area contributed by atoms with Crippen LogP contribution >= 0.6 is 0 Å². The van der Waals surface area contributed by atoms with Crippen molar-refractivity contribution < 1.29 is 24.6 Å². The van der Waals surface area contributed by atoms with Crippen LogP contribution in [0, 0.1) is 17.8 Å². The molecule has 0 heterocycles. The van der Waals surface area contributed by atoms with Crippen molar-refractivity contribution in [1.29, 1.82) is 0 Å². The van der Waals surface area contributed by atoms with E-state index in [4.69, 9.17) is 5.73 Å². The molecule has 6 N–H and O–H groups in total. The molecule has 25 heavy (non-hydrogen) atoms. The lowest BCUT2D eigenvalue weighted by atomic mass is 9.97. The van der Waals surface area contributed by atoms with Crippen LogP contribution < -0.4 is 16.4 Å². The van der Waals surface area contributed by atoms with Crippen molar-refractivity contribution in [3.63, 3.8) is 0 Å². The molecule has 4 atom stereocenters. The first-order chi connectivity index (χ1) is 11.4. The van der Waals surface area contributed by atoms with Gasteiger partial charge in [-0.25, -0.2) is 4.79 Å². The van der Waals surface area contributed by atoms with Crippen LogP contribution in [-0.2, 0) is 14.4 Å². The zero-order valence-corrected chi connectivity index (χ0v) is 15.9. The molecule has 0 fully saturated rings. The average Bonchev–Trinajstić information content (AvgIpc) is 2.46. The van der Waals surface area contributed by atoms with Crippen LogP contribution in [0.15, 0.2) is 0 Å². The van der Waals surface area contributed by atoms with Gasteiger partial charge in [-0.3, -0.25) is 9.59 Å². The predicted molar refractivity (Wildman–Crippen MR) is 94.6 cm³/mol. The third-order valence-electron chi connectivity index (χ3n) is 3.90. The van der Waals surface area contributed by atoms with Crippen LogP contribution in [0.3, 0.4) is 0 Å². The molecule has 0 aromatic heterocycles. The second-order valence-corrected chi connectivity index (χ2v) is 7.54. The molecule has 0 spiro atoms. The minimum absolute atomic E-state index is 0.212. The second kappa shape index (κ2) is 10.4. The summed E-state index contributed by atoms with van der Waals surface area (Å²) in [6.45, 7) is 10.6. The van der Waals surface area contributed by atoms with Crippen molar-refractivity contribution in [2.75, 3.05) is 0 Å². The number of carbonyl (C=O) groups is 3. The lowest BCUT2D eigenvalue weighted by Crippen LogP contribution is -2.58. The van der Waals surface area contributed by atoms with E-state index in [1.54, 1.807) is 27.7 Å². The number of aliphatic hydroxyl groups excluding tert-OH is 1. The number of carbonyl (C=O) groups excluding carboxylic acids is 2. The Bertz CT molecular complexity index is 465. The third kappa shape index (κ3) is 7.83. The highest BCUT2D eigenvalue weighted by Gasteiger charge is 2.32. The summed E-state index contributed by atoms with van der Waals surface area (Å²) in [7, 11) is 0. The molecule has 0 aromatic carbocycles. The van der Waals surface area contributed by atoms with Crippen LogP contribution in [0.5, 0.6) is 0 Å². The van der Waals surface area contributed by atoms with Crippen LogP contribution in [0.2, 0.25) is 0 Å². The molecule has 0 aliphatic heterocycles. The standard InChI is InChI=1S/C17H33N3O5/c1-8(2)7-11(18)14(21)16(23)19-12(9(3)4)15(22)20-13(10(5)6)17(24)25/h8-14,21H,7,18H2,1-6H3,(H,19,23)(H,20,22)(H,24,25)/t11-,12+,13+,14+/m1/s1. The van der Waals surface area contributed by atoms with E-state index in [1.165, 1.54) is 0 Å². The highest BCUT2D eigenvalue weighted by atomic mass is 16.4. The van der Waals surface area contributed by atoms with Gasteiger partial charge in [-0.2, -0.15) is 0 Å². The fourth-order valence-corrected chi connectivity index (χ4v) is 2.40. The van der Waals surface area contributed by atoms with Crippen molar-refractivity contribution >= 4 is 17.8 Å². The van der Waals surface area contributed by atoms with Gasteiger partial charge in [0, 0.05) is 6.04 Å². The number of hydrogen-bond acceptors (Lipinski definition) is 5. The number of carboxylic acid groups (broad SMARTS) is 1. The lowest BCUT2D eigenvalue weighted by Gasteiger charge is -2.27. The Balaban J connectivity index is 5.03. The van der Waals surface area contributed by atoms with Gasteiger partial charge in [0.25, 0.3) is 5.91 Å². The maximum Gasteiger partial charge on any atom is 0.326 e. The number of aliphatic hydroxyl groups is 1. The number of amides is 2. The summed E-state index contributed by atoms with van der Waals surface area (Å²) in [5.41, 5.74) is 5.82.